The molecule has 124 valence electrons. The molecule has 1 aliphatic rings. The Balaban J connectivity index is 1.70. The summed E-state index contributed by atoms with van der Waals surface area (Å²) in [5, 5.41) is 9.68. The van der Waals surface area contributed by atoms with Gasteiger partial charge in [0.15, 0.2) is 5.16 Å². The van der Waals surface area contributed by atoms with Crippen LogP contribution in [0.1, 0.15) is 31.2 Å². The molecule has 0 saturated carbocycles. The largest absolute Gasteiger partial charge is 0.497 e. The van der Waals surface area contributed by atoms with E-state index in [1.807, 2.05) is 12.1 Å². The third-order valence-electron chi connectivity index (χ3n) is 4.02. The summed E-state index contributed by atoms with van der Waals surface area (Å²) in [6, 6.07) is 8.15. The Kier molecular flexibility index (Phi) is 5.56. The number of thioether (sulfide) groups is 1. The van der Waals surface area contributed by atoms with Crippen LogP contribution in [0.25, 0.3) is 0 Å². The van der Waals surface area contributed by atoms with Gasteiger partial charge in [-0.1, -0.05) is 30.8 Å². The molecule has 23 heavy (non-hydrogen) atoms. The van der Waals surface area contributed by atoms with Crippen LogP contribution >= 0.6 is 11.8 Å². The fraction of sp³-hybridized carbons (Fsp3) is 0.529. The first-order chi connectivity index (χ1) is 11.3. The van der Waals surface area contributed by atoms with E-state index in [-0.39, 0.29) is 0 Å². The number of rotatable bonds is 7. The summed E-state index contributed by atoms with van der Waals surface area (Å²) in [6.45, 7) is 3.85. The molecule has 0 radical (unpaired) electrons. The highest BCUT2D eigenvalue weighted by molar-refractivity contribution is 7.98. The summed E-state index contributed by atoms with van der Waals surface area (Å²) in [4.78, 5) is 0. The fourth-order valence-electron chi connectivity index (χ4n) is 2.77. The summed E-state index contributed by atoms with van der Waals surface area (Å²) < 4.78 is 13.3. The Morgan fingerprint density at radius 2 is 2.30 bits per heavy atom. The molecule has 2 aromatic rings. The van der Waals surface area contributed by atoms with Gasteiger partial charge in [0, 0.05) is 18.8 Å². The van der Waals surface area contributed by atoms with Crippen molar-refractivity contribution in [3.8, 4) is 5.75 Å². The third-order valence-corrected chi connectivity index (χ3v) is 5.06. The van der Waals surface area contributed by atoms with Gasteiger partial charge in [0.25, 0.3) is 0 Å². The van der Waals surface area contributed by atoms with Crippen LogP contribution in [0, 0.1) is 0 Å². The van der Waals surface area contributed by atoms with Gasteiger partial charge < -0.3 is 14.0 Å². The zero-order valence-corrected chi connectivity index (χ0v) is 14.5. The van der Waals surface area contributed by atoms with E-state index in [9.17, 15) is 0 Å². The second kappa shape index (κ2) is 7.84. The molecule has 1 fully saturated rings. The molecular weight excluding hydrogens is 310 g/mol. The highest BCUT2D eigenvalue weighted by Gasteiger charge is 2.20. The lowest BCUT2D eigenvalue weighted by molar-refractivity contribution is 0.0942. The van der Waals surface area contributed by atoms with Gasteiger partial charge in [-0.25, -0.2) is 0 Å². The Hall–Kier alpha value is -1.53. The van der Waals surface area contributed by atoms with Crippen molar-refractivity contribution in [2.75, 3.05) is 13.7 Å². The quantitative estimate of drug-likeness (QED) is 0.728. The molecule has 1 aromatic carbocycles. The van der Waals surface area contributed by atoms with E-state index in [1.54, 1.807) is 18.9 Å². The van der Waals surface area contributed by atoms with Crippen LogP contribution in [0.15, 0.2) is 29.4 Å². The molecule has 1 unspecified atom stereocenters. The zero-order chi connectivity index (χ0) is 16.1. The van der Waals surface area contributed by atoms with Gasteiger partial charge in [0.1, 0.15) is 11.6 Å². The van der Waals surface area contributed by atoms with Gasteiger partial charge >= 0.3 is 0 Å². The highest BCUT2D eigenvalue weighted by atomic mass is 32.2. The Morgan fingerprint density at radius 1 is 1.39 bits per heavy atom. The SMILES string of the molecule is CCc1nnc(SCc2cccc(OC)c2)n1CC1CCCO1. The lowest BCUT2D eigenvalue weighted by Crippen LogP contribution is -2.17. The van der Waals surface area contributed by atoms with Crippen molar-refractivity contribution in [3.05, 3.63) is 35.7 Å². The number of aromatic nitrogens is 3. The molecule has 0 aliphatic carbocycles. The van der Waals surface area contributed by atoms with Crippen molar-refractivity contribution in [2.24, 2.45) is 0 Å². The van der Waals surface area contributed by atoms with E-state index in [4.69, 9.17) is 9.47 Å². The van der Waals surface area contributed by atoms with Crippen molar-refractivity contribution in [2.45, 2.75) is 49.7 Å². The predicted molar refractivity (Wildman–Crippen MR) is 90.9 cm³/mol. The Morgan fingerprint density at radius 3 is 3.04 bits per heavy atom. The Labute approximate surface area is 141 Å². The van der Waals surface area contributed by atoms with Gasteiger partial charge in [0.2, 0.25) is 0 Å². The second-order valence-corrected chi connectivity index (χ2v) is 6.58. The van der Waals surface area contributed by atoms with Crippen LogP contribution in [0.5, 0.6) is 5.75 Å². The molecule has 0 N–H and O–H groups in total. The predicted octanol–water partition coefficient (Wildman–Crippen LogP) is 3.32. The summed E-state index contributed by atoms with van der Waals surface area (Å²) in [5.41, 5.74) is 1.22. The molecule has 3 rings (SSSR count). The summed E-state index contributed by atoms with van der Waals surface area (Å²) >= 11 is 1.72. The van der Waals surface area contributed by atoms with Crippen LogP contribution < -0.4 is 4.74 Å². The van der Waals surface area contributed by atoms with Gasteiger partial charge in [-0.3, -0.25) is 0 Å². The topological polar surface area (TPSA) is 49.2 Å². The summed E-state index contributed by atoms with van der Waals surface area (Å²) in [5.74, 6) is 2.77. The number of hydrogen-bond acceptors (Lipinski definition) is 5. The molecule has 6 heteroatoms. The minimum atomic E-state index is 0.299. The number of hydrogen-bond donors (Lipinski definition) is 0. The van der Waals surface area contributed by atoms with Crippen molar-refractivity contribution in [1.82, 2.24) is 14.8 Å². The molecular formula is C17H23N3O2S. The molecule has 2 heterocycles. The maximum atomic E-state index is 5.77. The first kappa shape index (κ1) is 16.3. The molecule has 1 aliphatic heterocycles. The first-order valence-corrected chi connectivity index (χ1v) is 9.08. The monoisotopic (exact) mass is 333 g/mol. The standard InChI is InChI=1S/C17H23N3O2S/c1-3-16-18-19-17(20(16)11-15-8-5-9-22-15)23-12-13-6-4-7-14(10-13)21-2/h4,6-7,10,15H,3,5,8-9,11-12H2,1-2H3. The number of nitrogens with zero attached hydrogens (tertiary/aromatic N) is 3. The van der Waals surface area contributed by atoms with Crippen molar-refractivity contribution < 1.29 is 9.47 Å². The third kappa shape index (κ3) is 4.06. The number of ether oxygens (including phenoxy) is 2. The second-order valence-electron chi connectivity index (χ2n) is 5.64. The van der Waals surface area contributed by atoms with Crippen LogP contribution in [0.4, 0.5) is 0 Å². The van der Waals surface area contributed by atoms with E-state index < -0.39 is 0 Å². The lowest BCUT2D eigenvalue weighted by atomic mass is 10.2. The minimum Gasteiger partial charge on any atom is -0.497 e. The molecule has 1 aromatic heterocycles. The summed E-state index contributed by atoms with van der Waals surface area (Å²) in [7, 11) is 1.69. The number of methoxy groups -OCH3 is 1. The first-order valence-electron chi connectivity index (χ1n) is 8.09. The molecule has 1 atom stereocenters. The average Bonchev–Trinajstić information content (AvgIpc) is 3.23. The van der Waals surface area contributed by atoms with Crippen LogP contribution in [-0.2, 0) is 23.5 Å². The van der Waals surface area contributed by atoms with Gasteiger partial charge in [-0.05, 0) is 30.5 Å². The lowest BCUT2D eigenvalue weighted by Gasteiger charge is -2.14. The van der Waals surface area contributed by atoms with E-state index in [0.717, 1.165) is 54.9 Å². The number of aryl methyl sites for hydroxylation is 1. The van der Waals surface area contributed by atoms with E-state index >= 15 is 0 Å². The minimum absolute atomic E-state index is 0.299. The highest BCUT2D eigenvalue weighted by Crippen LogP contribution is 2.25. The van der Waals surface area contributed by atoms with Crippen molar-refractivity contribution >= 4 is 11.8 Å². The maximum Gasteiger partial charge on any atom is 0.191 e. The molecule has 5 nitrogen and oxygen atoms in total. The Bertz CT molecular complexity index is 639. The smallest absolute Gasteiger partial charge is 0.191 e. The number of benzene rings is 1. The van der Waals surface area contributed by atoms with E-state index in [1.165, 1.54) is 5.56 Å². The molecule has 0 spiro atoms. The fourth-order valence-corrected chi connectivity index (χ4v) is 3.68. The van der Waals surface area contributed by atoms with Gasteiger partial charge in [-0.15, -0.1) is 10.2 Å². The normalized spacial score (nSPS) is 17.6. The van der Waals surface area contributed by atoms with Gasteiger partial charge in [-0.2, -0.15) is 0 Å². The molecule has 0 amide bonds. The maximum absolute atomic E-state index is 5.77. The zero-order valence-electron chi connectivity index (χ0n) is 13.7. The molecule has 0 bridgehead atoms. The van der Waals surface area contributed by atoms with Gasteiger partial charge in [0.05, 0.1) is 19.8 Å². The van der Waals surface area contributed by atoms with Crippen LogP contribution in [0.2, 0.25) is 0 Å². The van der Waals surface area contributed by atoms with Crippen molar-refractivity contribution in [1.29, 1.82) is 0 Å². The molecule has 1 saturated heterocycles. The van der Waals surface area contributed by atoms with Crippen LogP contribution in [0.3, 0.4) is 0 Å². The average molecular weight is 333 g/mol. The summed E-state index contributed by atoms with van der Waals surface area (Å²) in [6.07, 6.45) is 3.47. The van der Waals surface area contributed by atoms with E-state index in [0.29, 0.717) is 6.10 Å². The van der Waals surface area contributed by atoms with Crippen LogP contribution in [-0.4, -0.2) is 34.6 Å². The van der Waals surface area contributed by atoms with E-state index in [2.05, 4.69) is 33.8 Å². The van der Waals surface area contributed by atoms with Crippen molar-refractivity contribution in [3.63, 3.8) is 0 Å².